The van der Waals surface area contributed by atoms with Crippen LogP contribution in [0.1, 0.15) is 33.0 Å². The van der Waals surface area contributed by atoms with Crippen LogP contribution in [0.3, 0.4) is 0 Å². The predicted octanol–water partition coefficient (Wildman–Crippen LogP) is 1.56. The highest BCUT2D eigenvalue weighted by Gasteiger charge is 2.35. The number of hydrazone groups is 1. The van der Waals surface area contributed by atoms with E-state index < -0.39 is 0 Å². The van der Waals surface area contributed by atoms with E-state index >= 15 is 0 Å². The van der Waals surface area contributed by atoms with Gasteiger partial charge in [-0.05, 0) is 20.8 Å². The van der Waals surface area contributed by atoms with Crippen LogP contribution in [-0.4, -0.2) is 26.2 Å². The van der Waals surface area contributed by atoms with Crippen LogP contribution in [0.4, 0.5) is 11.9 Å². The second-order valence-electron chi connectivity index (χ2n) is 4.68. The maximum atomic E-state index is 5.71. The number of anilines is 2. The third-order valence-corrected chi connectivity index (χ3v) is 2.77. The Morgan fingerprint density at radius 3 is 2.59 bits per heavy atom. The Morgan fingerprint density at radius 2 is 2.06 bits per heavy atom. The highest BCUT2D eigenvalue weighted by Crippen LogP contribution is 2.30. The Morgan fingerprint density at radius 1 is 1.35 bits per heavy atom. The maximum Gasteiger partial charge on any atom is 0.251 e. The number of nitrogens with zero attached hydrogens (tertiary/aromatic N) is 5. The zero-order valence-corrected chi connectivity index (χ0v) is 10.9. The fourth-order valence-electron chi connectivity index (χ4n) is 1.94. The van der Waals surface area contributed by atoms with Crippen molar-refractivity contribution in [3.05, 3.63) is 5.82 Å². The van der Waals surface area contributed by atoms with Crippen LogP contribution < -0.4 is 10.7 Å². The third kappa shape index (κ3) is 2.31. The zero-order valence-electron chi connectivity index (χ0n) is 10.1. The van der Waals surface area contributed by atoms with E-state index in [-0.39, 0.29) is 17.4 Å². The molecule has 7 heteroatoms. The average Bonchev–Trinajstić information content (AvgIpc) is 2.51. The van der Waals surface area contributed by atoms with E-state index in [9.17, 15) is 0 Å². The van der Waals surface area contributed by atoms with Gasteiger partial charge in [-0.3, -0.25) is 0 Å². The normalized spacial score (nSPS) is 18.4. The van der Waals surface area contributed by atoms with Crippen LogP contribution in [-0.2, 0) is 5.88 Å². The topological polar surface area (TPSA) is 80.3 Å². The Hall–Kier alpha value is -1.43. The molecule has 0 aliphatic carbocycles. The summed E-state index contributed by atoms with van der Waals surface area (Å²) in [4.78, 5) is 12.3. The largest absolute Gasteiger partial charge is 0.368 e. The van der Waals surface area contributed by atoms with Gasteiger partial charge >= 0.3 is 0 Å². The predicted molar refractivity (Wildman–Crippen MR) is 68.1 cm³/mol. The SMILES string of the molecule is CC1=NN(c2nc(N)nc(CCl)n2)C(C)(C)C1. The van der Waals surface area contributed by atoms with Gasteiger partial charge in [0.15, 0.2) is 5.82 Å². The first-order valence-corrected chi connectivity index (χ1v) is 5.86. The summed E-state index contributed by atoms with van der Waals surface area (Å²) in [6, 6.07) is 0. The number of nitrogen functional groups attached to an aromatic ring is 1. The summed E-state index contributed by atoms with van der Waals surface area (Å²) in [5.74, 6) is 1.29. The van der Waals surface area contributed by atoms with Gasteiger partial charge in [-0.2, -0.15) is 20.1 Å². The van der Waals surface area contributed by atoms with Crippen molar-refractivity contribution in [2.24, 2.45) is 5.10 Å². The van der Waals surface area contributed by atoms with Gasteiger partial charge in [-0.15, -0.1) is 11.6 Å². The lowest BCUT2D eigenvalue weighted by atomic mass is 9.99. The van der Waals surface area contributed by atoms with Crippen molar-refractivity contribution in [1.29, 1.82) is 0 Å². The molecule has 0 aromatic carbocycles. The molecular weight excluding hydrogens is 240 g/mol. The summed E-state index contributed by atoms with van der Waals surface area (Å²) in [7, 11) is 0. The van der Waals surface area contributed by atoms with Gasteiger partial charge in [0.2, 0.25) is 5.95 Å². The quantitative estimate of drug-likeness (QED) is 0.810. The first-order valence-electron chi connectivity index (χ1n) is 5.33. The molecule has 0 radical (unpaired) electrons. The molecular formula is C10H15ClN6. The lowest BCUT2D eigenvalue weighted by Gasteiger charge is -2.28. The molecule has 1 aliphatic rings. The monoisotopic (exact) mass is 254 g/mol. The molecule has 0 atom stereocenters. The molecule has 1 aliphatic heterocycles. The Labute approximate surface area is 105 Å². The molecule has 1 aromatic rings. The summed E-state index contributed by atoms with van der Waals surface area (Å²) in [6.45, 7) is 6.13. The van der Waals surface area contributed by atoms with Crippen LogP contribution in [0.5, 0.6) is 0 Å². The lowest BCUT2D eigenvalue weighted by molar-refractivity contribution is 0.505. The zero-order chi connectivity index (χ0) is 12.6. The minimum Gasteiger partial charge on any atom is -0.368 e. The van der Waals surface area contributed by atoms with Crippen molar-refractivity contribution < 1.29 is 0 Å². The molecule has 2 N–H and O–H groups in total. The minimum absolute atomic E-state index is 0.151. The fraction of sp³-hybridized carbons (Fsp3) is 0.600. The molecule has 0 bridgehead atoms. The van der Waals surface area contributed by atoms with E-state index in [0.717, 1.165) is 12.1 Å². The van der Waals surface area contributed by atoms with Gasteiger partial charge in [0.1, 0.15) is 0 Å². The van der Waals surface area contributed by atoms with Crippen molar-refractivity contribution in [2.45, 2.75) is 38.6 Å². The van der Waals surface area contributed by atoms with Crippen LogP contribution in [0.2, 0.25) is 0 Å². The third-order valence-electron chi connectivity index (χ3n) is 2.53. The first-order chi connectivity index (χ1) is 7.92. The van der Waals surface area contributed by atoms with Gasteiger partial charge in [0.05, 0.1) is 11.4 Å². The van der Waals surface area contributed by atoms with E-state index in [1.807, 2.05) is 6.92 Å². The maximum absolute atomic E-state index is 5.71. The Balaban J connectivity index is 2.43. The summed E-state index contributed by atoms with van der Waals surface area (Å²) >= 11 is 5.71. The summed E-state index contributed by atoms with van der Waals surface area (Å²) in [5, 5.41) is 6.20. The number of rotatable bonds is 2. The summed E-state index contributed by atoms with van der Waals surface area (Å²) in [6.07, 6.45) is 0.870. The van der Waals surface area contributed by atoms with Crippen molar-refractivity contribution in [3.8, 4) is 0 Å². The molecule has 0 saturated heterocycles. The molecule has 6 nitrogen and oxygen atoms in total. The standard InChI is InChI=1S/C10H15ClN6/c1-6-4-10(2,3)17(16-6)9-14-7(5-11)13-8(12)15-9/h4-5H2,1-3H3,(H2,12,13,14,15). The molecule has 0 fully saturated rings. The number of hydrogen-bond acceptors (Lipinski definition) is 6. The lowest BCUT2D eigenvalue weighted by Crippen LogP contribution is -2.37. The van der Waals surface area contributed by atoms with Gasteiger partial charge in [-0.25, -0.2) is 5.01 Å². The van der Waals surface area contributed by atoms with Crippen LogP contribution in [0.15, 0.2) is 5.10 Å². The van der Waals surface area contributed by atoms with Crippen molar-refractivity contribution in [3.63, 3.8) is 0 Å². The summed E-state index contributed by atoms with van der Waals surface area (Å²) < 4.78 is 0. The second-order valence-corrected chi connectivity index (χ2v) is 4.95. The summed E-state index contributed by atoms with van der Waals surface area (Å²) in [5.41, 5.74) is 6.52. The van der Waals surface area contributed by atoms with E-state index in [2.05, 4.69) is 33.9 Å². The van der Waals surface area contributed by atoms with Crippen LogP contribution in [0.25, 0.3) is 0 Å². The highest BCUT2D eigenvalue weighted by atomic mass is 35.5. The molecule has 92 valence electrons. The Kier molecular flexibility index (Phi) is 2.91. The van der Waals surface area contributed by atoms with Gasteiger partial charge in [0.25, 0.3) is 5.95 Å². The van der Waals surface area contributed by atoms with Gasteiger partial charge < -0.3 is 5.73 Å². The fourth-order valence-corrected chi connectivity index (χ4v) is 2.06. The molecule has 1 aromatic heterocycles. The molecule has 0 spiro atoms. The van der Waals surface area contributed by atoms with E-state index in [4.69, 9.17) is 17.3 Å². The molecule has 0 unspecified atom stereocenters. The van der Waals surface area contributed by atoms with Crippen LogP contribution in [0, 0.1) is 0 Å². The van der Waals surface area contributed by atoms with Gasteiger partial charge in [0, 0.05) is 12.1 Å². The first kappa shape index (κ1) is 12.0. The highest BCUT2D eigenvalue weighted by molar-refractivity contribution is 6.16. The Bertz CT molecular complexity index is 470. The van der Waals surface area contributed by atoms with E-state index in [0.29, 0.717) is 11.8 Å². The number of alkyl halides is 1. The van der Waals surface area contributed by atoms with Crippen LogP contribution >= 0.6 is 11.6 Å². The average molecular weight is 255 g/mol. The van der Waals surface area contributed by atoms with Crippen molar-refractivity contribution in [2.75, 3.05) is 10.7 Å². The smallest absolute Gasteiger partial charge is 0.251 e. The van der Waals surface area contributed by atoms with E-state index in [1.165, 1.54) is 0 Å². The van der Waals surface area contributed by atoms with E-state index in [1.54, 1.807) is 5.01 Å². The number of aromatic nitrogens is 3. The van der Waals surface area contributed by atoms with Gasteiger partial charge in [-0.1, -0.05) is 0 Å². The molecule has 2 heterocycles. The number of nitrogens with two attached hydrogens (primary N) is 1. The number of hydrogen-bond donors (Lipinski definition) is 1. The second kappa shape index (κ2) is 4.10. The molecule has 0 amide bonds. The molecule has 17 heavy (non-hydrogen) atoms. The van der Waals surface area contributed by atoms with Crippen molar-refractivity contribution in [1.82, 2.24) is 15.0 Å². The molecule has 0 saturated carbocycles. The number of halogens is 1. The van der Waals surface area contributed by atoms with Crippen molar-refractivity contribution >= 4 is 29.2 Å². The minimum atomic E-state index is -0.151. The molecule has 2 rings (SSSR count).